The first kappa shape index (κ1) is 13.6. The summed E-state index contributed by atoms with van der Waals surface area (Å²) in [6, 6.07) is -0.694. The van der Waals surface area contributed by atoms with Gasteiger partial charge in [-0.1, -0.05) is 0 Å². The highest BCUT2D eigenvalue weighted by molar-refractivity contribution is 6.51. The Labute approximate surface area is 120 Å². The molecule has 5 N–H and O–H groups in total. The normalized spacial score (nSPS) is 20.3. The van der Waals surface area contributed by atoms with E-state index in [1.54, 1.807) is 11.1 Å². The number of ketones is 1. The summed E-state index contributed by atoms with van der Waals surface area (Å²) in [6.07, 6.45) is 4.13. The molecule has 1 unspecified atom stereocenters. The number of allylic oxidation sites excluding steroid dienone is 1. The third-order valence-electron chi connectivity index (χ3n) is 3.96. The maximum Gasteiger partial charge on any atom is 0.326 e. The van der Waals surface area contributed by atoms with E-state index in [4.69, 9.17) is 11.1 Å². The minimum absolute atomic E-state index is 0.130. The number of H-pyrrole nitrogens is 1. The van der Waals surface area contributed by atoms with Gasteiger partial charge in [-0.15, -0.1) is 0 Å². The second-order valence-electron chi connectivity index (χ2n) is 5.23. The molecule has 1 aromatic rings. The van der Waals surface area contributed by atoms with Gasteiger partial charge in [-0.2, -0.15) is 0 Å². The van der Waals surface area contributed by atoms with E-state index >= 15 is 0 Å². The van der Waals surface area contributed by atoms with Crippen LogP contribution < -0.4 is 5.73 Å². The predicted molar refractivity (Wildman–Crippen MR) is 76.3 cm³/mol. The SMILES string of the molecule is N=C1C=C2c3c(c[nH]c3C1=O)CC(C(=O)O)N2CCCN. The minimum Gasteiger partial charge on any atom is -0.480 e. The van der Waals surface area contributed by atoms with Crippen molar-refractivity contribution in [3.8, 4) is 0 Å². The van der Waals surface area contributed by atoms with Gasteiger partial charge in [0, 0.05) is 30.4 Å². The number of aromatic nitrogens is 1. The number of hydrogen-bond acceptors (Lipinski definition) is 5. The zero-order chi connectivity index (χ0) is 15.1. The highest BCUT2D eigenvalue weighted by Crippen LogP contribution is 2.37. The number of nitrogens with zero attached hydrogens (tertiary/aromatic N) is 1. The van der Waals surface area contributed by atoms with Crippen molar-refractivity contribution in [2.75, 3.05) is 13.1 Å². The van der Waals surface area contributed by atoms with Crippen LogP contribution in [0.4, 0.5) is 0 Å². The molecule has 2 aliphatic rings. The molecule has 3 rings (SSSR count). The smallest absolute Gasteiger partial charge is 0.326 e. The Hall–Kier alpha value is -2.41. The molecule has 0 amide bonds. The Bertz CT molecular complexity index is 674. The van der Waals surface area contributed by atoms with E-state index in [1.165, 1.54) is 6.08 Å². The number of carboxylic acids is 1. The summed E-state index contributed by atoms with van der Waals surface area (Å²) in [4.78, 5) is 28.2. The van der Waals surface area contributed by atoms with Crippen molar-refractivity contribution >= 4 is 23.2 Å². The van der Waals surface area contributed by atoms with Gasteiger partial charge < -0.3 is 20.7 Å². The molecular formula is C14H16N4O3. The second kappa shape index (κ2) is 4.85. The summed E-state index contributed by atoms with van der Waals surface area (Å²) in [5.41, 5.74) is 7.97. The standard InChI is InChI=1S/C14H16N4O3/c15-2-1-3-18-9-5-8(16)13(19)12-11(9)7(6-17-12)4-10(18)14(20)21/h5-6,10,16-17H,1-4,15H2,(H,20,21). The fourth-order valence-corrected chi connectivity index (χ4v) is 2.98. The summed E-state index contributed by atoms with van der Waals surface area (Å²) in [6.45, 7) is 0.949. The van der Waals surface area contributed by atoms with Crippen molar-refractivity contribution in [3.63, 3.8) is 0 Å². The fraction of sp³-hybridized carbons (Fsp3) is 0.357. The second-order valence-corrected chi connectivity index (χ2v) is 5.23. The zero-order valence-electron chi connectivity index (χ0n) is 11.3. The molecule has 7 heteroatoms. The topological polar surface area (TPSA) is 123 Å². The van der Waals surface area contributed by atoms with Gasteiger partial charge in [-0.05, 0) is 24.6 Å². The number of nitrogens with two attached hydrogens (primary N) is 1. The highest BCUT2D eigenvalue weighted by atomic mass is 16.4. The average molecular weight is 288 g/mol. The summed E-state index contributed by atoms with van der Waals surface area (Å²) in [5, 5.41) is 17.2. The number of nitrogens with one attached hydrogen (secondary N) is 2. The van der Waals surface area contributed by atoms with Crippen molar-refractivity contribution < 1.29 is 14.7 Å². The molecule has 1 aliphatic heterocycles. The lowest BCUT2D eigenvalue weighted by atomic mass is 9.87. The minimum atomic E-state index is -0.912. The number of carboxylic acid groups (broad SMARTS) is 1. The first-order valence-electron chi connectivity index (χ1n) is 6.79. The van der Waals surface area contributed by atoms with Gasteiger partial charge in [0.2, 0.25) is 5.78 Å². The summed E-state index contributed by atoms with van der Waals surface area (Å²) < 4.78 is 0. The van der Waals surface area contributed by atoms with Crippen molar-refractivity contribution in [1.29, 1.82) is 5.41 Å². The summed E-state index contributed by atoms with van der Waals surface area (Å²) in [7, 11) is 0. The van der Waals surface area contributed by atoms with E-state index < -0.39 is 12.0 Å². The lowest BCUT2D eigenvalue weighted by Gasteiger charge is -2.38. The van der Waals surface area contributed by atoms with Gasteiger partial charge in [0.1, 0.15) is 11.8 Å². The third kappa shape index (κ3) is 1.97. The Morgan fingerprint density at radius 2 is 2.33 bits per heavy atom. The van der Waals surface area contributed by atoms with Crippen LogP contribution in [0.2, 0.25) is 0 Å². The number of hydrogen-bond donors (Lipinski definition) is 4. The van der Waals surface area contributed by atoms with E-state index in [0.717, 1.165) is 11.1 Å². The highest BCUT2D eigenvalue weighted by Gasteiger charge is 2.39. The molecule has 2 heterocycles. The molecule has 0 spiro atoms. The third-order valence-corrected chi connectivity index (χ3v) is 3.96. The van der Waals surface area contributed by atoms with Gasteiger partial charge in [0.25, 0.3) is 0 Å². The maximum atomic E-state index is 12.0. The molecule has 0 radical (unpaired) electrons. The van der Waals surface area contributed by atoms with Gasteiger partial charge >= 0.3 is 5.97 Å². The first-order chi connectivity index (χ1) is 10.0. The van der Waals surface area contributed by atoms with Crippen molar-refractivity contribution in [2.24, 2.45) is 5.73 Å². The number of Topliss-reactive ketones (excluding diaryl/α,β-unsaturated/α-hetero) is 1. The monoisotopic (exact) mass is 288 g/mol. The number of aliphatic carboxylic acids is 1. The molecule has 21 heavy (non-hydrogen) atoms. The van der Waals surface area contributed by atoms with E-state index in [2.05, 4.69) is 4.98 Å². The molecule has 0 fully saturated rings. The predicted octanol–water partition coefficient (Wildman–Crippen LogP) is 0.232. The van der Waals surface area contributed by atoms with E-state index in [0.29, 0.717) is 37.3 Å². The van der Waals surface area contributed by atoms with Crippen LogP contribution >= 0.6 is 0 Å². The van der Waals surface area contributed by atoms with Gasteiger partial charge in [0.05, 0.1) is 5.69 Å². The average Bonchev–Trinajstić information content (AvgIpc) is 2.87. The largest absolute Gasteiger partial charge is 0.480 e. The summed E-state index contributed by atoms with van der Waals surface area (Å²) >= 11 is 0. The quantitative estimate of drug-likeness (QED) is 0.631. The number of carbonyl (C=O) groups excluding carboxylic acids is 1. The van der Waals surface area contributed by atoms with Gasteiger partial charge in [0.15, 0.2) is 0 Å². The van der Waals surface area contributed by atoms with Crippen LogP contribution in [-0.2, 0) is 11.2 Å². The van der Waals surface area contributed by atoms with Crippen LogP contribution in [0.25, 0.3) is 5.70 Å². The number of rotatable bonds is 4. The summed E-state index contributed by atoms with van der Waals surface area (Å²) in [5.74, 6) is -1.27. The molecule has 7 nitrogen and oxygen atoms in total. The van der Waals surface area contributed by atoms with Crippen LogP contribution in [0, 0.1) is 5.41 Å². The lowest BCUT2D eigenvalue weighted by Crippen LogP contribution is -2.46. The molecule has 1 aliphatic carbocycles. The van der Waals surface area contributed by atoms with Crippen LogP contribution in [0.1, 0.15) is 28.0 Å². The van der Waals surface area contributed by atoms with Crippen molar-refractivity contribution in [3.05, 3.63) is 29.1 Å². The molecule has 1 atom stereocenters. The molecule has 1 aromatic heterocycles. The van der Waals surface area contributed by atoms with E-state index in [-0.39, 0.29) is 11.5 Å². The Kier molecular flexibility index (Phi) is 3.13. The van der Waals surface area contributed by atoms with Crippen LogP contribution in [0.5, 0.6) is 0 Å². The Balaban J connectivity index is 2.12. The molecule has 0 saturated heterocycles. The van der Waals surface area contributed by atoms with E-state index in [9.17, 15) is 14.7 Å². The van der Waals surface area contributed by atoms with Gasteiger partial charge in [-0.3, -0.25) is 10.2 Å². The van der Waals surface area contributed by atoms with Crippen LogP contribution in [0.3, 0.4) is 0 Å². The maximum absolute atomic E-state index is 12.0. The Morgan fingerprint density at radius 1 is 1.57 bits per heavy atom. The van der Waals surface area contributed by atoms with E-state index in [1.807, 2.05) is 0 Å². The van der Waals surface area contributed by atoms with Crippen molar-refractivity contribution in [1.82, 2.24) is 9.88 Å². The lowest BCUT2D eigenvalue weighted by molar-refractivity contribution is -0.142. The molecule has 0 bridgehead atoms. The van der Waals surface area contributed by atoms with Gasteiger partial charge in [-0.25, -0.2) is 4.79 Å². The van der Waals surface area contributed by atoms with Crippen molar-refractivity contribution in [2.45, 2.75) is 18.9 Å². The fourth-order valence-electron chi connectivity index (χ4n) is 2.98. The van der Waals surface area contributed by atoms with Crippen LogP contribution in [-0.4, -0.2) is 51.6 Å². The number of carbonyl (C=O) groups is 2. The molecule has 110 valence electrons. The number of aromatic amines is 1. The zero-order valence-corrected chi connectivity index (χ0v) is 11.3. The first-order valence-corrected chi connectivity index (χ1v) is 6.79. The molecule has 0 aromatic carbocycles. The molecular weight excluding hydrogens is 272 g/mol. The Morgan fingerprint density at radius 3 is 3.00 bits per heavy atom. The van der Waals surface area contributed by atoms with Crippen LogP contribution in [0.15, 0.2) is 12.3 Å². The molecule has 0 saturated carbocycles.